The van der Waals surface area contributed by atoms with Crippen molar-refractivity contribution in [2.45, 2.75) is 47.1 Å². The first-order chi connectivity index (χ1) is 11.2. The fraction of sp³-hybridized carbons (Fsp3) is 0.882. The average molecular weight is 472 g/mol. The van der Waals surface area contributed by atoms with Gasteiger partial charge in [-0.15, -0.1) is 24.0 Å². The maximum atomic E-state index is 12.0. The van der Waals surface area contributed by atoms with Gasteiger partial charge in [-0.3, -0.25) is 4.99 Å². The quantitative estimate of drug-likeness (QED) is 0.234. The summed E-state index contributed by atoms with van der Waals surface area (Å²) in [5.41, 5.74) is -0.477. The summed E-state index contributed by atoms with van der Waals surface area (Å²) in [6.07, 6.45) is -0.305. The van der Waals surface area contributed by atoms with Crippen LogP contribution in [0, 0.1) is 5.92 Å². The second kappa shape index (κ2) is 14.4. The Labute approximate surface area is 170 Å². The molecule has 1 atom stereocenters. The molecule has 25 heavy (non-hydrogen) atoms. The maximum Gasteiger partial charge on any atom is 0.410 e. The molecule has 0 aliphatic carbocycles. The molecule has 0 rings (SSSR count). The predicted molar refractivity (Wildman–Crippen MR) is 114 cm³/mol. The monoisotopic (exact) mass is 472 g/mol. The molecule has 150 valence electrons. The van der Waals surface area contributed by atoms with Crippen LogP contribution in [0.4, 0.5) is 4.79 Å². The Morgan fingerprint density at radius 2 is 1.88 bits per heavy atom. The summed E-state index contributed by atoms with van der Waals surface area (Å²) in [5, 5.41) is 6.43. The number of halogens is 1. The Morgan fingerprint density at radius 1 is 1.24 bits per heavy atom. The van der Waals surface area contributed by atoms with Crippen LogP contribution in [0.5, 0.6) is 0 Å². The van der Waals surface area contributed by atoms with Gasteiger partial charge in [0, 0.05) is 39.8 Å². The van der Waals surface area contributed by atoms with Crippen molar-refractivity contribution in [1.82, 2.24) is 15.5 Å². The van der Waals surface area contributed by atoms with Crippen LogP contribution in [-0.4, -0.2) is 69.0 Å². The molecule has 0 saturated carbocycles. The first-order valence-electron chi connectivity index (χ1n) is 8.73. The standard InChI is InChI=1S/C17H36N4O3.HI/c1-8-18-15(19-10-11-23-9-2)20-12-14(3)13-21(7)16(22)24-17(4,5)6;/h14H,8-13H2,1-7H3,(H2,18,19,20);1H. The minimum absolute atomic E-state index is 0. The van der Waals surface area contributed by atoms with Crippen LogP contribution in [0.15, 0.2) is 4.99 Å². The van der Waals surface area contributed by atoms with Gasteiger partial charge in [-0.1, -0.05) is 6.92 Å². The molecule has 1 unspecified atom stereocenters. The number of aliphatic imine (C=N–C) groups is 1. The second-order valence-corrected chi connectivity index (χ2v) is 6.81. The zero-order valence-electron chi connectivity index (χ0n) is 16.8. The van der Waals surface area contributed by atoms with E-state index in [2.05, 4.69) is 22.5 Å². The van der Waals surface area contributed by atoms with Gasteiger partial charge in [-0.25, -0.2) is 4.79 Å². The molecular formula is C17H37IN4O3. The summed E-state index contributed by atoms with van der Waals surface area (Å²) in [5.74, 6) is 0.994. The Hall–Kier alpha value is -0.770. The molecule has 0 aromatic carbocycles. The largest absolute Gasteiger partial charge is 0.444 e. The second-order valence-electron chi connectivity index (χ2n) is 6.81. The number of ether oxygens (including phenoxy) is 2. The van der Waals surface area contributed by atoms with Crippen molar-refractivity contribution in [3.05, 3.63) is 0 Å². The average Bonchev–Trinajstić information content (AvgIpc) is 2.47. The minimum Gasteiger partial charge on any atom is -0.444 e. The summed E-state index contributed by atoms with van der Waals surface area (Å²) in [7, 11) is 1.75. The third-order valence-corrected chi connectivity index (χ3v) is 2.94. The number of amides is 1. The summed E-state index contributed by atoms with van der Waals surface area (Å²) in [6, 6.07) is 0. The van der Waals surface area contributed by atoms with Crippen molar-refractivity contribution in [1.29, 1.82) is 0 Å². The van der Waals surface area contributed by atoms with Crippen LogP contribution in [0.3, 0.4) is 0 Å². The molecule has 0 aliphatic heterocycles. The number of hydrogen-bond donors (Lipinski definition) is 2. The Balaban J connectivity index is 0. The van der Waals surface area contributed by atoms with E-state index < -0.39 is 5.60 Å². The fourth-order valence-corrected chi connectivity index (χ4v) is 1.91. The van der Waals surface area contributed by atoms with Gasteiger partial charge < -0.3 is 25.0 Å². The van der Waals surface area contributed by atoms with E-state index in [1.165, 1.54) is 0 Å². The third-order valence-electron chi connectivity index (χ3n) is 2.94. The molecule has 0 bridgehead atoms. The number of nitrogens with one attached hydrogen (secondary N) is 2. The molecule has 7 nitrogen and oxygen atoms in total. The van der Waals surface area contributed by atoms with Crippen molar-refractivity contribution >= 4 is 36.0 Å². The van der Waals surface area contributed by atoms with E-state index in [0.717, 1.165) is 12.5 Å². The fourth-order valence-electron chi connectivity index (χ4n) is 1.91. The molecule has 0 fully saturated rings. The minimum atomic E-state index is -0.477. The van der Waals surface area contributed by atoms with Crippen LogP contribution < -0.4 is 10.6 Å². The first-order valence-corrected chi connectivity index (χ1v) is 8.73. The zero-order valence-corrected chi connectivity index (χ0v) is 19.2. The van der Waals surface area contributed by atoms with Crippen molar-refractivity contribution in [3.8, 4) is 0 Å². The molecule has 0 saturated heterocycles. The van der Waals surface area contributed by atoms with Gasteiger partial charge in [0.1, 0.15) is 5.60 Å². The smallest absolute Gasteiger partial charge is 0.410 e. The van der Waals surface area contributed by atoms with Crippen LogP contribution in [-0.2, 0) is 9.47 Å². The Bertz CT molecular complexity index is 387. The van der Waals surface area contributed by atoms with Gasteiger partial charge in [0.2, 0.25) is 0 Å². The van der Waals surface area contributed by atoms with E-state index in [0.29, 0.717) is 32.8 Å². The van der Waals surface area contributed by atoms with Gasteiger partial charge in [0.25, 0.3) is 0 Å². The number of carbonyl (C=O) groups is 1. The van der Waals surface area contributed by atoms with Crippen molar-refractivity contribution in [2.75, 3.05) is 46.4 Å². The highest BCUT2D eigenvalue weighted by atomic mass is 127. The lowest BCUT2D eigenvalue weighted by Crippen LogP contribution is -2.40. The topological polar surface area (TPSA) is 75.2 Å². The van der Waals surface area contributed by atoms with Crippen LogP contribution >= 0.6 is 24.0 Å². The lowest BCUT2D eigenvalue weighted by atomic mass is 10.2. The lowest BCUT2D eigenvalue weighted by Gasteiger charge is -2.26. The Morgan fingerprint density at radius 3 is 2.40 bits per heavy atom. The number of hydrogen-bond acceptors (Lipinski definition) is 4. The van der Waals surface area contributed by atoms with Gasteiger partial charge in [-0.2, -0.15) is 0 Å². The molecule has 0 aromatic heterocycles. The Kier molecular flexibility index (Phi) is 15.2. The van der Waals surface area contributed by atoms with Crippen LogP contribution in [0.1, 0.15) is 41.5 Å². The van der Waals surface area contributed by atoms with Gasteiger partial charge in [-0.05, 0) is 40.5 Å². The van der Waals surface area contributed by atoms with Crippen molar-refractivity contribution in [2.24, 2.45) is 10.9 Å². The normalized spacial score (nSPS) is 12.8. The zero-order chi connectivity index (χ0) is 18.6. The van der Waals surface area contributed by atoms with Crippen LogP contribution in [0.2, 0.25) is 0 Å². The summed E-state index contributed by atoms with van der Waals surface area (Å²) in [4.78, 5) is 18.1. The highest BCUT2D eigenvalue weighted by Gasteiger charge is 2.20. The highest BCUT2D eigenvalue weighted by molar-refractivity contribution is 14.0. The summed E-state index contributed by atoms with van der Waals surface area (Å²) >= 11 is 0. The van der Waals surface area contributed by atoms with E-state index in [1.54, 1.807) is 11.9 Å². The predicted octanol–water partition coefficient (Wildman–Crippen LogP) is 2.70. The van der Waals surface area contributed by atoms with Gasteiger partial charge in [0.15, 0.2) is 5.96 Å². The van der Waals surface area contributed by atoms with E-state index in [9.17, 15) is 4.79 Å². The molecule has 0 heterocycles. The van der Waals surface area contributed by atoms with E-state index in [4.69, 9.17) is 9.47 Å². The number of rotatable bonds is 9. The van der Waals surface area contributed by atoms with E-state index >= 15 is 0 Å². The first kappa shape index (κ1) is 26.5. The van der Waals surface area contributed by atoms with Crippen molar-refractivity contribution < 1.29 is 14.3 Å². The molecule has 0 aliphatic rings. The highest BCUT2D eigenvalue weighted by Crippen LogP contribution is 2.10. The summed E-state index contributed by atoms with van der Waals surface area (Å²) in [6.45, 7) is 15.7. The molecule has 1 amide bonds. The number of nitrogens with zero attached hydrogens (tertiary/aromatic N) is 2. The number of carbonyl (C=O) groups excluding carboxylic acids is 1. The molecule has 0 spiro atoms. The summed E-state index contributed by atoms with van der Waals surface area (Å²) < 4.78 is 10.7. The molecule has 2 N–H and O–H groups in total. The molecule has 8 heteroatoms. The van der Waals surface area contributed by atoms with E-state index in [-0.39, 0.29) is 36.0 Å². The lowest BCUT2D eigenvalue weighted by molar-refractivity contribution is 0.0279. The van der Waals surface area contributed by atoms with Crippen molar-refractivity contribution in [3.63, 3.8) is 0 Å². The molecular weight excluding hydrogens is 435 g/mol. The van der Waals surface area contributed by atoms with Gasteiger partial charge in [0.05, 0.1) is 6.61 Å². The number of guanidine groups is 1. The maximum absolute atomic E-state index is 12.0. The SMILES string of the molecule is CCNC(=NCC(C)CN(C)C(=O)OC(C)(C)C)NCCOCC.I. The van der Waals surface area contributed by atoms with Gasteiger partial charge >= 0.3 is 6.09 Å². The van der Waals surface area contributed by atoms with E-state index in [1.807, 2.05) is 34.6 Å². The molecule has 0 aromatic rings. The molecule has 0 radical (unpaired) electrons. The van der Waals surface area contributed by atoms with Crippen LogP contribution in [0.25, 0.3) is 0 Å². The third kappa shape index (κ3) is 15.2.